The van der Waals surface area contributed by atoms with Crippen LogP contribution in [0.3, 0.4) is 0 Å². The zero-order chi connectivity index (χ0) is 7.33. The lowest BCUT2D eigenvalue weighted by Gasteiger charge is -1.88. The predicted octanol–water partition coefficient (Wildman–Crippen LogP) is 0.457. The minimum atomic E-state index is -3.66. The Morgan fingerprint density at radius 2 is 2.22 bits per heavy atom. The van der Waals surface area contributed by atoms with E-state index in [4.69, 9.17) is 0 Å². The Morgan fingerprint density at radius 1 is 1.67 bits per heavy atom. The highest BCUT2D eigenvalue weighted by molar-refractivity contribution is 7.91. The molecular formula is C5H6O3S. The molecule has 0 bridgehead atoms. The van der Waals surface area contributed by atoms with Crippen molar-refractivity contribution in [2.45, 2.75) is 6.92 Å². The van der Waals surface area contributed by atoms with E-state index in [-0.39, 0.29) is 0 Å². The van der Waals surface area contributed by atoms with Crippen molar-refractivity contribution < 1.29 is 12.6 Å². The van der Waals surface area contributed by atoms with Crippen LogP contribution in [0.5, 0.6) is 0 Å². The molecule has 0 aromatic carbocycles. The lowest BCUT2D eigenvalue weighted by Crippen LogP contribution is -1.95. The molecule has 4 heteroatoms. The normalized spacial score (nSPS) is 9.00. The molecule has 0 aliphatic heterocycles. The third-order valence-corrected chi connectivity index (χ3v) is 1.27. The van der Waals surface area contributed by atoms with E-state index in [1.165, 1.54) is 6.92 Å². The molecule has 0 spiro atoms. The Bertz CT molecular complexity index is 239. The van der Waals surface area contributed by atoms with Gasteiger partial charge in [0.05, 0.1) is 5.25 Å². The number of rotatable bonds is 2. The van der Waals surface area contributed by atoms with Crippen molar-refractivity contribution >= 4 is 10.1 Å². The van der Waals surface area contributed by atoms with Gasteiger partial charge >= 0.3 is 10.1 Å². The van der Waals surface area contributed by atoms with E-state index in [1.54, 1.807) is 0 Å². The fourth-order valence-corrected chi connectivity index (χ4v) is 0.716. The monoisotopic (exact) mass is 146 g/mol. The van der Waals surface area contributed by atoms with Crippen LogP contribution in [-0.4, -0.2) is 8.42 Å². The largest absolute Gasteiger partial charge is 0.382 e. The maximum atomic E-state index is 10.4. The highest BCUT2D eigenvalue weighted by Crippen LogP contribution is 1.88. The van der Waals surface area contributed by atoms with Crippen molar-refractivity contribution in [1.29, 1.82) is 0 Å². The van der Waals surface area contributed by atoms with Crippen LogP contribution < -0.4 is 0 Å². The second-order valence-electron chi connectivity index (χ2n) is 1.07. The average molecular weight is 146 g/mol. The minimum Gasteiger partial charge on any atom is -0.382 e. The van der Waals surface area contributed by atoms with E-state index >= 15 is 0 Å². The molecular weight excluding hydrogens is 140 g/mol. The summed E-state index contributed by atoms with van der Waals surface area (Å²) in [5.41, 5.74) is 0. The molecule has 9 heavy (non-hydrogen) atoms. The SMILES string of the molecule is C=COS(=O)(=O)C#CC. The average Bonchev–Trinajstić information content (AvgIpc) is 1.64. The number of hydrogen-bond acceptors (Lipinski definition) is 3. The summed E-state index contributed by atoms with van der Waals surface area (Å²) in [4.78, 5) is 0. The molecule has 0 aliphatic carbocycles. The van der Waals surface area contributed by atoms with Crippen LogP contribution in [0.1, 0.15) is 6.92 Å². The van der Waals surface area contributed by atoms with E-state index in [9.17, 15) is 8.42 Å². The van der Waals surface area contributed by atoms with Crippen molar-refractivity contribution in [1.82, 2.24) is 0 Å². The molecule has 0 atom stereocenters. The standard InChI is InChI=1S/C5H6O3S/c1-3-5-9(6,7)8-4-2/h4H,2H2,1H3. The van der Waals surface area contributed by atoms with E-state index in [1.807, 2.05) is 5.25 Å². The second-order valence-corrected chi connectivity index (χ2v) is 2.37. The molecule has 0 radical (unpaired) electrons. The molecule has 0 saturated carbocycles. The molecule has 0 heterocycles. The molecule has 0 saturated heterocycles. The van der Waals surface area contributed by atoms with Crippen molar-refractivity contribution in [2.24, 2.45) is 0 Å². The van der Waals surface area contributed by atoms with Gasteiger partial charge in [-0.05, 0) is 6.92 Å². The molecule has 3 nitrogen and oxygen atoms in total. The summed E-state index contributed by atoms with van der Waals surface area (Å²) in [6.45, 7) is 4.47. The Kier molecular flexibility index (Phi) is 2.82. The third-order valence-electron chi connectivity index (χ3n) is 0.422. The van der Waals surface area contributed by atoms with Gasteiger partial charge in [-0.25, -0.2) is 0 Å². The molecule has 0 N–H and O–H groups in total. The van der Waals surface area contributed by atoms with Crippen LogP contribution in [0.25, 0.3) is 0 Å². The van der Waals surface area contributed by atoms with Gasteiger partial charge in [0.2, 0.25) is 0 Å². The van der Waals surface area contributed by atoms with E-state index in [2.05, 4.69) is 16.7 Å². The van der Waals surface area contributed by atoms with Gasteiger partial charge < -0.3 is 4.18 Å². The Hall–Kier alpha value is -0.950. The fourth-order valence-electron chi connectivity index (χ4n) is 0.239. The summed E-state index contributed by atoms with van der Waals surface area (Å²) in [5, 5.41) is 1.85. The van der Waals surface area contributed by atoms with Gasteiger partial charge in [-0.1, -0.05) is 12.5 Å². The van der Waals surface area contributed by atoms with Crippen molar-refractivity contribution in [3.63, 3.8) is 0 Å². The molecule has 0 rings (SSSR count). The van der Waals surface area contributed by atoms with E-state index in [0.29, 0.717) is 0 Å². The Balaban J connectivity index is 4.35. The highest BCUT2D eigenvalue weighted by Gasteiger charge is 2.00. The summed E-state index contributed by atoms with van der Waals surface area (Å²) in [6.07, 6.45) is 0.819. The molecule has 0 aromatic heterocycles. The summed E-state index contributed by atoms with van der Waals surface area (Å²) < 4.78 is 24.8. The van der Waals surface area contributed by atoms with Gasteiger partial charge in [0.1, 0.15) is 6.26 Å². The second kappa shape index (κ2) is 3.15. The quantitative estimate of drug-likeness (QED) is 0.323. The first-order chi connectivity index (χ1) is 4.12. The molecule has 0 unspecified atom stereocenters. The smallest absolute Gasteiger partial charge is 0.381 e. The summed E-state index contributed by atoms with van der Waals surface area (Å²) in [6, 6.07) is 0. The third kappa shape index (κ3) is 3.62. The van der Waals surface area contributed by atoms with Crippen LogP contribution in [0, 0.1) is 11.2 Å². The van der Waals surface area contributed by atoms with Crippen LogP contribution >= 0.6 is 0 Å². The Labute approximate surface area is 54.5 Å². The van der Waals surface area contributed by atoms with E-state index in [0.717, 1.165) is 6.26 Å². The van der Waals surface area contributed by atoms with Crippen LogP contribution in [-0.2, 0) is 14.3 Å². The summed E-state index contributed by atoms with van der Waals surface area (Å²) in [7, 11) is -3.66. The van der Waals surface area contributed by atoms with Gasteiger partial charge in [0.15, 0.2) is 0 Å². The van der Waals surface area contributed by atoms with Crippen LogP contribution in [0.4, 0.5) is 0 Å². The minimum absolute atomic E-state index is 0.819. The molecule has 50 valence electrons. The maximum absolute atomic E-state index is 10.4. The molecule has 0 aromatic rings. The van der Waals surface area contributed by atoms with Crippen molar-refractivity contribution in [3.05, 3.63) is 12.8 Å². The summed E-state index contributed by atoms with van der Waals surface area (Å²) >= 11 is 0. The van der Waals surface area contributed by atoms with Gasteiger partial charge in [0, 0.05) is 0 Å². The fraction of sp³-hybridized carbons (Fsp3) is 0.200. The highest BCUT2D eigenvalue weighted by atomic mass is 32.2. The molecule has 0 amide bonds. The van der Waals surface area contributed by atoms with Gasteiger partial charge in [0.25, 0.3) is 0 Å². The molecule has 0 fully saturated rings. The number of hydrogen-bond donors (Lipinski definition) is 0. The predicted molar refractivity (Wildman–Crippen MR) is 33.7 cm³/mol. The first-order valence-corrected chi connectivity index (χ1v) is 3.51. The topological polar surface area (TPSA) is 43.4 Å². The van der Waals surface area contributed by atoms with Gasteiger partial charge in [-0.2, -0.15) is 8.42 Å². The lowest BCUT2D eigenvalue weighted by atomic mass is 10.9. The maximum Gasteiger partial charge on any atom is 0.381 e. The summed E-state index contributed by atoms with van der Waals surface area (Å²) in [5.74, 6) is 2.18. The van der Waals surface area contributed by atoms with Crippen molar-refractivity contribution in [2.75, 3.05) is 0 Å². The molecule has 0 aliphatic rings. The first-order valence-electron chi connectivity index (χ1n) is 2.10. The zero-order valence-electron chi connectivity index (χ0n) is 4.92. The van der Waals surface area contributed by atoms with Gasteiger partial charge in [-0.15, -0.1) is 0 Å². The first kappa shape index (κ1) is 8.05. The lowest BCUT2D eigenvalue weighted by molar-refractivity contribution is 0.456. The van der Waals surface area contributed by atoms with Crippen LogP contribution in [0.15, 0.2) is 12.8 Å². The van der Waals surface area contributed by atoms with Gasteiger partial charge in [-0.3, -0.25) is 0 Å². The van der Waals surface area contributed by atoms with Crippen molar-refractivity contribution in [3.8, 4) is 11.2 Å². The van der Waals surface area contributed by atoms with E-state index < -0.39 is 10.1 Å². The zero-order valence-corrected chi connectivity index (χ0v) is 5.73. The Morgan fingerprint density at radius 3 is 2.56 bits per heavy atom. The van der Waals surface area contributed by atoms with Crippen LogP contribution in [0.2, 0.25) is 0 Å².